The first-order valence-electron chi connectivity index (χ1n) is 8.45. The van der Waals surface area contributed by atoms with E-state index in [2.05, 4.69) is 26.3 Å². The van der Waals surface area contributed by atoms with Gasteiger partial charge in [-0.05, 0) is 53.9 Å². The zero-order chi connectivity index (χ0) is 18.1. The van der Waals surface area contributed by atoms with Crippen molar-refractivity contribution in [2.75, 3.05) is 19.8 Å². The number of hydrogen-bond acceptors (Lipinski definition) is 4. The fourth-order valence-corrected chi connectivity index (χ4v) is 2.71. The predicted molar refractivity (Wildman–Crippen MR) is 100 cm³/mol. The Morgan fingerprint density at radius 3 is 2.68 bits per heavy atom. The molecule has 0 saturated heterocycles. The van der Waals surface area contributed by atoms with Gasteiger partial charge < -0.3 is 14.8 Å². The first kappa shape index (κ1) is 19.3. The van der Waals surface area contributed by atoms with Gasteiger partial charge >= 0.3 is 0 Å². The van der Waals surface area contributed by atoms with E-state index in [1.54, 1.807) is 6.20 Å². The van der Waals surface area contributed by atoms with Crippen molar-refractivity contribution >= 4 is 21.8 Å². The van der Waals surface area contributed by atoms with E-state index in [9.17, 15) is 4.79 Å². The van der Waals surface area contributed by atoms with Gasteiger partial charge in [-0.15, -0.1) is 0 Å². The summed E-state index contributed by atoms with van der Waals surface area (Å²) in [6.45, 7) is 6.37. The summed E-state index contributed by atoms with van der Waals surface area (Å²) in [5.74, 6) is 1.38. The molecule has 6 nitrogen and oxygen atoms in total. The molecule has 0 spiro atoms. The van der Waals surface area contributed by atoms with Crippen molar-refractivity contribution < 1.29 is 14.3 Å². The maximum Gasteiger partial charge on any atom is 0.224 e. The second-order valence-electron chi connectivity index (χ2n) is 5.45. The molecule has 2 rings (SSSR count). The van der Waals surface area contributed by atoms with E-state index in [0.717, 1.165) is 23.0 Å². The quantitative estimate of drug-likeness (QED) is 0.611. The van der Waals surface area contributed by atoms with Crippen LogP contribution in [0.5, 0.6) is 11.5 Å². The Labute approximate surface area is 156 Å². The highest BCUT2D eigenvalue weighted by atomic mass is 79.9. The van der Waals surface area contributed by atoms with Crippen LogP contribution in [-0.4, -0.2) is 35.4 Å². The third kappa shape index (κ3) is 6.42. The van der Waals surface area contributed by atoms with Gasteiger partial charge in [0.2, 0.25) is 5.91 Å². The van der Waals surface area contributed by atoms with E-state index in [4.69, 9.17) is 9.47 Å². The maximum atomic E-state index is 12.1. The molecule has 0 aliphatic rings. The molecule has 0 aliphatic heterocycles. The Balaban J connectivity index is 1.80. The maximum absolute atomic E-state index is 12.1. The van der Waals surface area contributed by atoms with Crippen LogP contribution in [0, 0.1) is 0 Å². The van der Waals surface area contributed by atoms with Crippen molar-refractivity contribution in [2.45, 2.75) is 33.2 Å². The minimum absolute atomic E-state index is 0.00625. The summed E-state index contributed by atoms with van der Waals surface area (Å²) in [6.07, 6.45) is 4.81. The number of amides is 1. The molecule has 7 heteroatoms. The molecule has 25 heavy (non-hydrogen) atoms. The molecule has 1 heterocycles. The van der Waals surface area contributed by atoms with Crippen LogP contribution in [0.2, 0.25) is 0 Å². The standard InChI is InChI=1S/C18H24BrN3O3/c1-3-24-16-7-6-14(10-17(16)25-4-2)11-18(23)20-8-5-9-22-13-15(19)12-21-22/h6-7,10,12-13H,3-5,8-9,11H2,1-2H3,(H,20,23). The molecule has 2 aromatic rings. The lowest BCUT2D eigenvalue weighted by atomic mass is 10.1. The highest BCUT2D eigenvalue weighted by Crippen LogP contribution is 2.28. The van der Waals surface area contributed by atoms with Gasteiger partial charge in [-0.2, -0.15) is 5.10 Å². The van der Waals surface area contributed by atoms with Gasteiger partial charge in [0, 0.05) is 19.3 Å². The monoisotopic (exact) mass is 409 g/mol. The summed E-state index contributed by atoms with van der Waals surface area (Å²) >= 11 is 3.36. The molecule has 0 aliphatic carbocycles. The van der Waals surface area contributed by atoms with Crippen molar-refractivity contribution in [3.05, 3.63) is 40.6 Å². The molecule has 0 saturated carbocycles. The van der Waals surface area contributed by atoms with Crippen LogP contribution >= 0.6 is 15.9 Å². The SMILES string of the molecule is CCOc1ccc(CC(=O)NCCCn2cc(Br)cn2)cc1OCC. The van der Waals surface area contributed by atoms with Crippen LogP contribution < -0.4 is 14.8 Å². The number of aryl methyl sites for hydroxylation is 1. The Morgan fingerprint density at radius 2 is 2.00 bits per heavy atom. The van der Waals surface area contributed by atoms with E-state index >= 15 is 0 Å². The lowest BCUT2D eigenvalue weighted by Crippen LogP contribution is -2.26. The van der Waals surface area contributed by atoms with Crippen LogP contribution in [0.3, 0.4) is 0 Å². The average Bonchev–Trinajstić information content (AvgIpc) is 3.00. The van der Waals surface area contributed by atoms with Crippen molar-refractivity contribution in [2.24, 2.45) is 0 Å². The van der Waals surface area contributed by atoms with Crippen LogP contribution in [-0.2, 0) is 17.8 Å². The van der Waals surface area contributed by atoms with Gasteiger partial charge in [-0.3, -0.25) is 9.48 Å². The van der Waals surface area contributed by atoms with Gasteiger partial charge in [-0.1, -0.05) is 6.07 Å². The van der Waals surface area contributed by atoms with Crippen LogP contribution in [0.1, 0.15) is 25.8 Å². The second-order valence-corrected chi connectivity index (χ2v) is 6.36. The van der Waals surface area contributed by atoms with E-state index in [0.29, 0.717) is 37.7 Å². The first-order chi connectivity index (χ1) is 12.1. The van der Waals surface area contributed by atoms with Crippen LogP contribution in [0.15, 0.2) is 35.1 Å². The summed E-state index contributed by atoms with van der Waals surface area (Å²) < 4.78 is 13.9. The number of ether oxygens (including phenoxy) is 2. The molecule has 1 aromatic carbocycles. The smallest absolute Gasteiger partial charge is 0.224 e. The Hall–Kier alpha value is -2.02. The molecule has 0 atom stereocenters. The van der Waals surface area contributed by atoms with Gasteiger partial charge in [0.05, 0.1) is 30.3 Å². The number of nitrogens with zero attached hydrogens (tertiary/aromatic N) is 2. The van der Waals surface area contributed by atoms with Gasteiger partial charge in [0.1, 0.15) is 0 Å². The van der Waals surface area contributed by atoms with Crippen molar-refractivity contribution in [1.82, 2.24) is 15.1 Å². The molecular weight excluding hydrogens is 386 g/mol. The highest BCUT2D eigenvalue weighted by Gasteiger charge is 2.09. The number of carbonyl (C=O) groups is 1. The number of rotatable bonds is 10. The molecule has 136 valence electrons. The summed E-state index contributed by atoms with van der Waals surface area (Å²) in [7, 11) is 0. The zero-order valence-corrected chi connectivity index (χ0v) is 16.2. The Kier molecular flexibility index (Phi) is 7.78. The molecule has 0 fully saturated rings. The number of hydrogen-bond donors (Lipinski definition) is 1. The number of nitrogens with one attached hydrogen (secondary N) is 1. The number of carbonyl (C=O) groups excluding carboxylic acids is 1. The summed E-state index contributed by atoms with van der Waals surface area (Å²) in [4.78, 5) is 12.1. The van der Waals surface area contributed by atoms with E-state index in [1.165, 1.54) is 0 Å². The largest absolute Gasteiger partial charge is 0.490 e. The number of aromatic nitrogens is 2. The van der Waals surface area contributed by atoms with Gasteiger partial charge in [0.15, 0.2) is 11.5 Å². The second kappa shape index (κ2) is 10.1. The minimum atomic E-state index is -0.00625. The van der Waals surface area contributed by atoms with E-state index < -0.39 is 0 Å². The zero-order valence-electron chi connectivity index (χ0n) is 14.6. The number of halogens is 1. The molecule has 1 aromatic heterocycles. The minimum Gasteiger partial charge on any atom is -0.490 e. The van der Waals surface area contributed by atoms with Gasteiger partial charge in [-0.25, -0.2) is 0 Å². The average molecular weight is 410 g/mol. The molecule has 1 amide bonds. The van der Waals surface area contributed by atoms with Crippen molar-refractivity contribution in [1.29, 1.82) is 0 Å². The fourth-order valence-electron chi connectivity index (χ4n) is 2.38. The third-order valence-electron chi connectivity index (χ3n) is 3.46. The molecule has 1 N–H and O–H groups in total. The summed E-state index contributed by atoms with van der Waals surface area (Å²) in [5.41, 5.74) is 0.903. The molecule has 0 bridgehead atoms. The Bertz CT molecular complexity index is 688. The summed E-state index contributed by atoms with van der Waals surface area (Å²) in [6, 6.07) is 5.62. The lowest BCUT2D eigenvalue weighted by molar-refractivity contribution is -0.120. The van der Waals surface area contributed by atoms with Crippen LogP contribution in [0.4, 0.5) is 0 Å². The van der Waals surface area contributed by atoms with E-state index in [1.807, 2.05) is 42.9 Å². The first-order valence-corrected chi connectivity index (χ1v) is 9.24. The fraction of sp³-hybridized carbons (Fsp3) is 0.444. The van der Waals surface area contributed by atoms with Crippen molar-refractivity contribution in [3.8, 4) is 11.5 Å². The summed E-state index contributed by atoms with van der Waals surface area (Å²) in [5, 5.41) is 7.12. The predicted octanol–water partition coefficient (Wildman–Crippen LogP) is 3.19. The van der Waals surface area contributed by atoms with Crippen LogP contribution in [0.25, 0.3) is 0 Å². The number of benzene rings is 1. The van der Waals surface area contributed by atoms with E-state index in [-0.39, 0.29) is 5.91 Å². The normalized spacial score (nSPS) is 10.5. The lowest BCUT2D eigenvalue weighted by Gasteiger charge is -2.12. The molecule has 0 radical (unpaired) electrons. The topological polar surface area (TPSA) is 65.4 Å². The molecule has 0 unspecified atom stereocenters. The van der Waals surface area contributed by atoms with Crippen molar-refractivity contribution in [3.63, 3.8) is 0 Å². The van der Waals surface area contributed by atoms with Gasteiger partial charge in [0.25, 0.3) is 0 Å². The third-order valence-corrected chi connectivity index (χ3v) is 3.87. The Morgan fingerprint density at radius 1 is 1.24 bits per heavy atom. The molecular formula is C18H24BrN3O3. The highest BCUT2D eigenvalue weighted by molar-refractivity contribution is 9.10.